The molecule has 1 aliphatic carbocycles. The number of esters is 2. The van der Waals surface area contributed by atoms with Crippen molar-refractivity contribution in [3.8, 4) is 0 Å². The van der Waals surface area contributed by atoms with Gasteiger partial charge in [0.15, 0.2) is 6.10 Å². The molecule has 368 valence electrons. The second kappa shape index (κ2) is 36.3. The third kappa shape index (κ3) is 28.3. The summed E-state index contributed by atoms with van der Waals surface area (Å²) in [6, 6.07) is 0. The Morgan fingerprint density at radius 1 is 0.609 bits per heavy atom. The lowest BCUT2D eigenvalue weighted by molar-refractivity contribution is -0.220. The van der Waals surface area contributed by atoms with Crippen molar-refractivity contribution in [2.75, 3.05) is 13.2 Å². The fourth-order valence-electron chi connectivity index (χ4n) is 6.50. The molecule has 0 aromatic rings. The highest BCUT2D eigenvalue weighted by atomic mass is 31.2. The SMILES string of the molecule is CC/C=C\C[C@H](O)/C=C/C=C/C=C\C=C/[C@@H](O)[C@H](O)CCCC(=O)O[C@H](COC(=O)CCCCCCCCC/C=C\CCCCCC)COP(=O)(O)OC1[C@H](O)[C@H](O)C(O)[C@H](O)[C@H]1O. The topological polar surface area (TPSA) is 270 Å². The van der Waals surface area contributed by atoms with Crippen LogP contribution in [0.2, 0.25) is 0 Å². The summed E-state index contributed by atoms with van der Waals surface area (Å²) in [5.41, 5.74) is 0. The molecule has 0 aliphatic heterocycles. The number of aliphatic hydroxyl groups is 8. The summed E-state index contributed by atoms with van der Waals surface area (Å²) in [7, 11) is -5.22. The Morgan fingerprint density at radius 3 is 1.75 bits per heavy atom. The smallest absolute Gasteiger partial charge is 0.462 e. The predicted octanol–water partition coefficient (Wildman–Crippen LogP) is 5.63. The van der Waals surface area contributed by atoms with Crippen molar-refractivity contribution in [1.82, 2.24) is 0 Å². The number of unbranched alkanes of at least 4 members (excludes halogenated alkanes) is 11. The second-order valence-electron chi connectivity index (χ2n) is 16.1. The zero-order valence-electron chi connectivity index (χ0n) is 37.9. The first kappa shape index (κ1) is 59.2. The molecule has 0 spiro atoms. The van der Waals surface area contributed by atoms with E-state index >= 15 is 0 Å². The summed E-state index contributed by atoms with van der Waals surface area (Å²) in [4.78, 5) is 35.7. The molecule has 17 heteroatoms. The molecular formula is C47H79O16P. The summed E-state index contributed by atoms with van der Waals surface area (Å²) in [5.74, 6) is -1.44. The molecule has 0 bridgehead atoms. The highest BCUT2D eigenvalue weighted by Crippen LogP contribution is 2.47. The summed E-state index contributed by atoms with van der Waals surface area (Å²) in [6.45, 7) is 2.79. The van der Waals surface area contributed by atoms with Crippen LogP contribution in [-0.2, 0) is 32.7 Å². The van der Waals surface area contributed by atoms with E-state index in [1.807, 2.05) is 19.1 Å². The quantitative estimate of drug-likeness (QED) is 0.0121. The number of aliphatic hydroxyl groups excluding tert-OH is 8. The van der Waals surface area contributed by atoms with E-state index in [1.165, 1.54) is 37.8 Å². The molecule has 1 fully saturated rings. The average Bonchev–Trinajstić information content (AvgIpc) is 3.26. The minimum Gasteiger partial charge on any atom is -0.462 e. The lowest BCUT2D eigenvalue weighted by Gasteiger charge is -2.41. The van der Waals surface area contributed by atoms with E-state index in [1.54, 1.807) is 36.5 Å². The van der Waals surface area contributed by atoms with Gasteiger partial charge in [-0.1, -0.05) is 138 Å². The summed E-state index contributed by atoms with van der Waals surface area (Å²) >= 11 is 0. The van der Waals surface area contributed by atoms with Crippen LogP contribution in [0.25, 0.3) is 0 Å². The van der Waals surface area contributed by atoms with Crippen molar-refractivity contribution < 1.29 is 78.4 Å². The third-order valence-corrected chi connectivity index (χ3v) is 11.4. The van der Waals surface area contributed by atoms with Gasteiger partial charge in [-0.15, -0.1) is 0 Å². The van der Waals surface area contributed by atoms with Crippen LogP contribution in [0.3, 0.4) is 0 Å². The van der Waals surface area contributed by atoms with Crippen LogP contribution in [0.4, 0.5) is 0 Å². The van der Waals surface area contributed by atoms with Crippen molar-refractivity contribution in [3.05, 3.63) is 72.9 Å². The fraction of sp³-hybridized carbons (Fsp3) is 0.702. The van der Waals surface area contributed by atoms with Crippen LogP contribution in [0.5, 0.6) is 0 Å². The van der Waals surface area contributed by atoms with Gasteiger partial charge in [-0.2, -0.15) is 0 Å². The van der Waals surface area contributed by atoms with Gasteiger partial charge in [0.05, 0.1) is 24.9 Å². The summed E-state index contributed by atoms with van der Waals surface area (Å²) in [6.07, 6.45) is 20.1. The van der Waals surface area contributed by atoms with Crippen molar-refractivity contribution in [2.24, 2.45) is 0 Å². The molecule has 0 aromatic carbocycles. The number of carbonyl (C=O) groups excluding carboxylic acids is 2. The molecule has 3 unspecified atom stereocenters. The van der Waals surface area contributed by atoms with Gasteiger partial charge in [-0.05, 0) is 57.8 Å². The van der Waals surface area contributed by atoms with Gasteiger partial charge in [0.25, 0.3) is 0 Å². The molecule has 0 amide bonds. The molecule has 0 aromatic heterocycles. The van der Waals surface area contributed by atoms with Crippen LogP contribution < -0.4 is 0 Å². The van der Waals surface area contributed by atoms with E-state index < -0.39 is 94.0 Å². The van der Waals surface area contributed by atoms with E-state index in [-0.39, 0.29) is 25.7 Å². The molecule has 0 radical (unpaired) electrons. The summed E-state index contributed by atoms with van der Waals surface area (Å²) < 4.78 is 33.3. The van der Waals surface area contributed by atoms with Crippen LogP contribution in [-0.4, -0.2) is 132 Å². The lowest BCUT2D eigenvalue weighted by Crippen LogP contribution is -2.64. The molecule has 0 saturated heterocycles. The van der Waals surface area contributed by atoms with Crippen molar-refractivity contribution in [1.29, 1.82) is 0 Å². The van der Waals surface area contributed by atoms with Gasteiger partial charge >= 0.3 is 19.8 Å². The minimum atomic E-state index is -5.22. The maximum atomic E-state index is 12.8. The van der Waals surface area contributed by atoms with Crippen molar-refractivity contribution >= 4 is 19.8 Å². The largest absolute Gasteiger partial charge is 0.472 e. The number of phosphoric acid groups is 1. The van der Waals surface area contributed by atoms with Gasteiger partial charge in [0.2, 0.25) is 0 Å². The highest BCUT2D eigenvalue weighted by Gasteiger charge is 2.51. The van der Waals surface area contributed by atoms with E-state index in [2.05, 4.69) is 19.1 Å². The Morgan fingerprint density at radius 2 is 1.14 bits per heavy atom. The standard InChI is InChI=1S/C47H79O16P/c1-3-5-7-8-9-10-11-12-13-14-15-16-17-22-26-32-40(51)60-34-37(35-61-64(58,59)63-47-45(56)43(54)42(53)44(55)46(47)57)62-41(52)33-27-31-39(50)38(49)30-25-21-19-18-20-24-29-36(48)28-23-6-4-2/h6,10-11,18-21,23-25,29-30,36-39,42-50,53-57H,3-5,7-9,12-17,22,26-28,31-35H2,1-2H3,(H,58,59)/b11-10-,20-18+,21-19-,23-6-,29-24+,30-25-/t36-,37+,38+,39+,42?,43-,44+,45+,46+,47?/m0/s1. The van der Waals surface area contributed by atoms with E-state index in [0.29, 0.717) is 12.8 Å². The zero-order chi connectivity index (χ0) is 47.6. The maximum absolute atomic E-state index is 12.8. The Bertz CT molecular complexity index is 1450. The highest BCUT2D eigenvalue weighted by molar-refractivity contribution is 7.47. The number of hydrogen-bond acceptors (Lipinski definition) is 15. The molecule has 1 rings (SSSR count). The van der Waals surface area contributed by atoms with Crippen molar-refractivity contribution in [3.63, 3.8) is 0 Å². The van der Waals surface area contributed by atoms with Gasteiger partial charge in [-0.3, -0.25) is 18.6 Å². The van der Waals surface area contributed by atoms with E-state index in [9.17, 15) is 59.9 Å². The maximum Gasteiger partial charge on any atom is 0.472 e. The molecule has 1 aliphatic rings. The van der Waals surface area contributed by atoms with Crippen molar-refractivity contribution in [2.45, 2.75) is 197 Å². The Hall–Kier alpha value is -2.83. The monoisotopic (exact) mass is 931 g/mol. The Labute approximate surface area is 380 Å². The van der Waals surface area contributed by atoms with Gasteiger partial charge in [0.1, 0.15) is 43.2 Å². The molecule has 0 heterocycles. The fourth-order valence-corrected chi connectivity index (χ4v) is 7.48. The molecule has 11 atom stereocenters. The number of phosphoric ester groups is 1. The number of carbonyl (C=O) groups is 2. The van der Waals surface area contributed by atoms with Crippen LogP contribution in [0, 0.1) is 0 Å². The number of allylic oxidation sites excluding steroid dienone is 9. The third-order valence-electron chi connectivity index (χ3n) is 10.4. The zero-order valence-corrected chi connectivity index (χ0v) is 38.8. The Balaban J connectivity index is 2.63. The van der Waals surface area contributed by atoms with Gasteiger partial charge < -0.3 is 55.2 Å². The van der Waals surface area contributed by atoms with Crippen LogP contribution in [0.15, 0.2) is 72.9 Å². The Kier molecular flexibility index (Phi) is 33.6. The first-order chi connectivity index (χ1) is 30.6. The van der Waals surface area contributed by atoms with E-state index in [4.69, 9.17) is 18.5 Å². The number of hydrogen-bond donors (Lipinski definition) is 9. The predicted molar refractivity (Wildman–Crippen MR) is 243 cm³/mol. The number of rotatable bonds is 36. The lowest BCUT2D eigenvalue weighted by atomic mass is 9.85. The molecule has 9 N–H and O–H groups in total. The van der Waals surface area contributed by atoms with E-state index in [0.717, 1.165) is 57.8 Å². The molecule has 1 saturated carbocycles. The normalized spacial score (nSPS) is 23.7. The summed E-state index contributed by atoms with van der Waals surface area (Å²) in [5, 5.41) is 80.7. The first-order valence-corrected chi connectivity index (χ1v) is 24.6. The van der Waals surface area contributed by atoms with Crippen LogP contribution in [0.1, 0.15) is 136 Å². The molecular weight excluding hydrogens is 851 g/mol. The first-order valence-electron chi connectivity index (χ1n) is 23.1. The molecule has 64 heavy (non-hydrogen) atoms. The average molecular weight is 931 g/mol. The number of ether oxygens (including phenoxy) is 2. The molecule has 16 nitrogen and oxygen atoms in total. The second-order valence-corrected chi connectivity index (χ2v) is 17.5. The van der Waals surface area contributed by atoms with Crippen LogP contribution >= 0.6 is 7.82 Å². The minimum absolute atomic E-state index is 0.00430. The van der Waals surface area contributed by atoms with Gasteiger partial charge in [-0.25, -0.2) is 4.57 Å². The van der Waals surface area contributed by atoms with Gasteiger partial charge in [0, 0.05) is 12.8 Å².